The molecule has 0 amide bonds. The van der Waals surface area contributed by atoms with E-state index in [1.807, 2.05) is 0 Å². The first kappa shape index (κ1) is 7.56. The Kier molecular flexibility index (Phi) is 1.90. The van der Waals surface area contributed by atoms with E-state index in [4.69, 9.17) is 0 Å². The van der Waals surface area contributed by atoms with Crippen molar-refractivity contribution in [3.8, 4) is 0 Å². The second-order valence-electron chi connectivity index (χ2n) is 4.09. The van der Waals surface area contributed by atoms with Crippen molar-refractivity contribution in [2.75, 3.05) is 13.1 Å². The third-order valence-electron chi connectivity index (χ3n) is 2.83. The van der Waals surface area contributed by atoms with E-state index in [1.165, 1.54) is 25.9 Å². The van der Waals surface area contributed by atoms with Crippen LogP contribution in [0.2, 0.25) is 0 Å². The van der Waals surface area contributed by atoms with Crippen LogP contribution in [-0.4, -0.2) is 36.1 Å². The molecule has 0 radical (unpaired) electrons. The van der Waals surface area contributed by atoms with Crippen LogP contribution in [0.25, 0.3) is 0 Å². The van der Waals surface area contributed by atoms with E-state index in [0.717, 1.165) is 12.1 Å². The number of piperazine rings is 1. The van der Waals surface area contributed by atoms with Crippen LogP contribution in [0.3, 0.4) is 0 Å². The average molecular weight is 154 g/mol. The van der Waals surface area contributed by atoms with Gasteiger partial charge in [-0.3, -0.25) is 4.90 Å². The molecule has 2 atom stereocenters. The first-order valence-electron chi connectivity index (χ1n) is 4.76. The van der Waals surface area contributed by atoms with Crippen LogP contribution in [0.1, 0.15) is 26.7 Å². The topological polar surface area (TPSA) is 15.3 Å². The van der Waals surface area contributed by atoms with E-state index in [-0.39, 0.29) is 0 Å². The van der Waals surface area contributed by atoms with E-state index in [9.17, 15) is 0 Å². The Morgan fingerprint density at radius 3 is 2.64 bits per heavy atom. The fourth-order valence-electron chi connectivity index (χ4n) is 1.96. The zero-order valence-electron chi connectivity index (χ0n) is 7.51. The molecule has 1 saturated carbocycles. The summed E-state index contributed by atoms with van der Waals surface area (Å²) in [5.74, 6) is 0. The van der Waals surface area contributed by atoms with E-state index in [0.29, 0.717) is 6.04 Å². The van der Waals surface area contributed by atoms with Gasteiger partial charge in [-0.25, -0.2) is 0 Å². The first-order chi connectivity index (χ1) is 5.27. The van der Waals surface area contributed by atoms with Gasteiger partial charge in [0.15, 0.2) is 0 Å². The highest BCUT2D eigenvalue weighted by molar-refractivity contribution is 4.92. The van der Waals surface area contributed by atoms with Crippen molar-refractivity contribution >= 4 is 0 Å². The summed E-state index contributed by atoms with van der Waals surface area (Å²) in [4.78, 5) is 2.67. The molecule has 1 N–H and O–H groups in total. The summed E-state index contributed by atoms with van der Waals surface area (Å²) in [6, 6.07) is 2.40. The lowest BCUT2D eigenvalue weighted by Crippen LogP contribution is -2.54. The van der Waals surface area contributed by atoms with Crippen molar-refractivity contribution in [1.82, 2.24) is 10.2 Å². The van der Waals surface area contributed by atoms with Gasteiger partial charge in [0.25, 0.3) is 0 Å². The highest BCUT2D eigenvalue weighted by Crippen LogP contribution is 2.29. The summed E-state index contributed by atoms with van der Waals surface area (Å²) < 4.78 is 0. The summed E-state index contributed by atoms with van der Waals surface area (Å²) in [5.41, 5.74) is 0. The summed E-state index contributed by atoms with van der Waals surface area (Å²) in [6.45, 7) is 7.04. The van der Waals surface area contributed by atoms with Gasteiger partial charge in [0, 0.05) is 31.2 Å². The maximum atomic E-state index is 3.50. The number of hydrogen-bond donors (Lipinski definition) is 1. The maximum Gasteiger partial charge on any atom is 0.0196 e. The van der Waals surface area contributed by atoms with Gasteiger partial charge in [0.05, 0.1) is 0 Å². The zero-order chi connectivity index (χ0) is 7.84. The van der Waals surface area contributed by atoms with Crippen molar-refractivity contribution in [3.63, 3.8) is 0 Å². The molecule has 0 spiro atoms. The van der Waals surface area contributed by atoms with Gasteiger partial charge in [0.1, 0.15) is 0 Å². The molecule has 2 rings (SSSR count). The van der Waals surface area contributed by atoms with Crippen LogP contribution in [-0.2, 0) is 0 Å². The van der Waals surface area contributed by atoms with Crippen LogP contribution < -0.4 is 5.32 Å². The van der Waals surface area contributed by atoms with Crippen LogP contribution in [0, 0.1) is 0 Å². The molecule has 1 heterocycles. The predicted molar refractivity (Wildman–Crippen MR) is 46.7 cm³/mol. The summed E-state index contributed by atoms with van der Waals surface area (Å²) >= 11 is 0. The monoisotopic (exact) mass is 154 g/mol. The standard InChI is InChI=1S/C9H18N2/c1-7-6-11(9-3-4-9)8(2)5-10-7/h7-10H,3-6H2,1-2H3. The largest absolute Gasteiger partial charge is 0.311 e. The molecular formula is C9H18N2. The van der Waals surface area contributed by atoms with Gasteiger partial charge in [-0.05, 0) is 26.7 Å². The smallest absolute Gasteiger partial charge is 0.0196 e. The van der Waals surface area contributed by atoms with Gasteiger partial charge in [-0.2, -0.15) is 0 Å². The number of nitrogens with one attached hydrogen (secondary N) is 1. The van der Waals surface area contributed by atoms with E-state index in [1.54, 1.807) is 0 Å². The van der Waals surface area contributed by atoms with Crippen molar-refractivity contribution in [1.29, 1.82) is 0 Å². The molecule has 1 aliphatic heterocycles. The molecule has 2 aliphatic rings. The lowest BCUT2D eigenvalue weighted by Gasteiger charge is -2.37. The SMILES string of the molecule is CC1CN(C2CC2)C(C)CN1. The molecule has 0 aromatic carbocycles. The zero-order valence-corrected chi connectivity index (χ0v) is 7.51. The molecule has 64 valence electrons. The first-order valence-corrected chi connectivity index (χ1v) is 4.76. The molecule has 2 unspecified atom stereocenters. The van der Waals surface area contributed by atoms with E-state index >= 15 is 0 Å². The minimum atomic E-state index is 0.701. The van der Waals surface area contributed by atoms with Gasteiger partial charge in [0.2, 0.25) is 0 Å². The molecular weight excluding hydrogens is 136 g/mol. The Balaban J connectivity index is 1.93. The quantitative estimate of drug-likeness (QED) is 0.602. The van der Waals surface area contributed by atoms with E-state index < -0.39 is 0 Å². The summed E-state index contributed by atoms with van der Waals surface area (Å²) in [5, 5.41) is 3.50. The highest BCUT2D eigenvalue weighted by Gasteiger charge is 2.34. The second-order valence-corrected chi connectivity index (χ2v) is 4.09. The van der Waals surface area contributed by atoms with Gasteiger partial charge in [-0.15, -0.1) is 0 Å². The Hall–Kier alpha value is -0.0800. The molecule has 0 aromatic heterocycles. The third-order valence-corrected chi connectivity index (χ3v) is 2.83. The van der Waals surface area contributed by atoms with Crippen molar-refractivity contribution < 1.29 is 0 Å². The third kappa shape index (κ3) is 1.57. The fraction of sp³-hybridized carbons (Fsp3) is 1.00. The number of nitrogens with zero attached hydrogens (tertiary/aromatic N) is 1. The summed E-state index contributed by atoms with van der Waals surface area (Å²) in [6.07, 6.45) is 2.88. The molecule has 1 saturated heterocycles. The molecule has 1 aliphatic carbocycles. The second kappa shape index (κ2) is 2.76. The molecule has 2 fully saturated rings. The fourth-order valence-corrected chi connectivity index (χ4v) is 1.96. The van der Waals surface area contributed by atoms with Crippen LogP contribution >= 0.6 is 0 Å². The highest BCUT2D eigenvalue weighted by atomic mass is 15.3. The molecule has 11 heavy (non-hydrogen) atoms. The molecule has 0 bridgehead atoms. The van der Waals surface area contributed by atoms with Gasteiger partial charge < -0.3 is 5.32 Å². The summed E-state index contributed by atoms with van der Waals surface area (Å²) in [7, 11) is 0. The van der Waals surface area contributed by atoms with Crippen LogP contribution in [0.5, 0.6) is 0 Å². The molecule has 0 aromatic rings. The molecule has 2 nitrogen and oxygen atoms in total. The lowest BCUT2D eigenvalue weighted by atomic mass is 10.1. The van der Waals surface area contributed by atoms with Crippen molar-refractivity contribution in [2.24, 2.45) is 0 Å². The molecule has 2 heteroatoms. The minimum absolute atomic E-state index is 0.701. The number of hydrogen-bond acceptors (Lipinski definition) is 2. The number of rotatable bonds is 1. The Morgan fingerprint density at radius 2 is 2.00 bits per heavy atom. The van der Waals surface area contributed by atoms with Crippen LogP contribution in [0.15, 0.2) is 0 Å². The maximum absolute atomic E-state index is 3.50. The van der Waals surface area contributed by atoms with E-state index in [2.05, 4.69) is 24.1 Å². The average Bonchev–Trinajstić information content (AvgIpc) is 2.76. The van der Waals surface area contributed by atoms with Crippen LogP contribution in [0.4, 0.5) is 0 Å². The van der Waals surface area contributed by atoms with Crippen molar-refractivity contribution in [3.05, 3.63) is 0 Å². The predicted octanol–water partition coefficient (Wildman–Crippen LogP) is 0.831. The Labute approximate surface area is 69.0 Å². The normalized spacial score (nSPS) is 40.9. The van der Waals surface area contributed by atoms with Gasteiger partial charge >= 0.3 is 0 Å². The minimum Gasteiger partial charge on any atom is -0.311 e. The van der Waals surface area contributed by atoms with Gasteiger partial charge in [-0.1, -0.05) is 0 Å². The van der Waals surface area contributed by atoms with Crippen molar-refractivity contribution in [2.45, 2.75) is 44.8 Å². The Morgan fingerprint density at radius 1 is 1.27 bits per heavy atom. The Bertz CT molecular complexity index is 142. The lowest BCUT2D eigenvalue weighted by molar-refractivity contribution is 0.138.